The van der Waals surface area contributed by atoms with E-state index in [1.807, 2.05) is 31.2 Å². The number of hydrogen-bond donors (Lipinski definition) is 1. The first-order valence-electron chi connectivity index (χ1n) is 7.74. The second-order valence-corrected chi connectivity index (χ2v) is 5.84. The van der Waals surface area contributed by atoms with E-state index in [4.69, 9.17) is 9.47 Å². The third-order valence-electron chi connectivity index (χ3n) is 4.02. The van der Waals surface area contributed by atoms with Crippen LogP contribution >= 0.6 is 0 Å². The number of carbonyl (C=O) groups is 2. The molecule has 0 unspecified atom stereocenters. The number of para-hydroxylation sites is 1. The molecular weight excluding hydrogens is 298 g/mol. The van der Waals surface area contributed by atoms with Crippen molar-refractivity contribution in [1.82, 2.24) is 4.90 Å². The zero-order valence-corrected chi connectivity index (χ0v) is 13.5. The van der Waals surface area contributed by atoms with E-state index in [9.17, 15) is 14.7 Å². The lowest BCUT2D eigenvalue weighted by Crippen LogP contribution is -2.52. The van der Waals surface area contributed by atoms with Crippen molar-refractivity contribution in [2.75, 3.05) is 26.9 Å². The molecular formula is C17H23NO5. The van der Waals surface area contributed by atoms with Crippen LogP contribution in [0.4, 0.5) is 0 Å². The minimum Gasteiger partial charge on any atom is -0.496 e. The highest BCUT2D eigenvalue weighted by atomic mass is 16.5. The second kappa shape index (κ2) is 7.97. The van der Waals surface area contributed by atoms with Crippen molar-refractivity contribution in [2.45, 2.75) is 25.8 Å². The van der Waals surface area contributed by atoms with E-state index >= 15 is 0 Å². The Hall–Kier alpha value is -2.08. The summed E-state index contributed by atoms with van der Waals surface area (Å²) in [5, 5.41) is 9.20. The Balaban J connectivity index is 1.97. The molecule has 1 fully saturated rings. The first-order valence-corrected chi connectivity index (χ1v) is 7.74. The first kappa shape index (κ1) is 17.3. The molecule has 23 heavy (non-hydrogen) atoms. The maximum absolute atomic E-state index is 12.4. The quantitative estimate of drug-likeness (QED) is 0.861. The summed E-state index contributed by atoms with van der Waals surface area (Å²) in [5.74, 6) is -0.254. The summed E-state index contributed by atoms with van der Waals surface area (Å²) in [7, 11) is 1.62. The van der Waals surface area contributed by atoms with Crippen LogP contribution in [0.2, 0.25) is 0 Å². The smallest absolute Gasteiger partial charge is 0.328 e. The molecule has 0 bridgehead atoms. The summed E-state index contributed by atoms with van der Waals surface area (Å²) in [6.45, 7) is 2.76. The summed E-state index contributed by atoms with van der Waals surface area (Å²) in [6, 6.07) is 6.84. The van der Waals surface area contributed by atoms with Gasteiger partial charge in [-0.1, -0.05) is 25.1 Å². The molecule has 6 nitrogen and oxygen atoms in total. The number of aliphatic carboxylic acids is 1. The summed E-state index contributed by atoms with van der Waals surface area (Å²) in [4.78, 5) is 25.1. The minimum atomic E-state index is -1.02. The largest absolute Gasteiger partial charge is 0.496 e. The van der Waals surface area contributed by atoms with Crippen LogP contribution in [0.5, 0.6) is 5.75 Å². The highest BCUT2D eigenvalue weighted by molar-refractivity contribution is 5.84. The Kier molecular flexibility index (Phi) is 5.98. The molecule has 6 heteroatoms. The van der Waals surface area contributed by atoms with E-state index in [1.54, 1.807) is 7.11 Å². The summed E-state index contributed by atoms with van der Waals surface area (Å²) in [6.07, 6.45) is 1.01. The molecule has 1 saturated heterocycles. The van der Waals surface area contributed by atoms with Gasteiger partial charge in [-0.3, -0.25) is 4.79 Å². The zero-order valence-electron chi connectivity index (χ0n) is 13.5. The fraction of sp³-hybridized carbons (Fsp3) is 0.529. The van der Waals surface area contributed by atoms with Crippen molar-refractivity contribution >= 4 is 11.9 Å². The number of methoxy groups -OCH3 is 1. The third kappa shape index (κ3) is 4.45. The molecule has 0 aliphatic carbocycles. The van der Waals surface area contributed by atoms with Gasteiger partial charge in [0.1, 0.15) is 5.75 Å². The van der Waals surface area contributed by atoms with Crippen molar-refractivity contribution in [3.63, 3.8) is 0 Å². The Morgan fingerprint density at radius 2 is 2.17 bits per heavy atom. The zero-order chi connectivity index (χ0) is 16.8. The number of carboxylic acids is 1. The van der Waals surface area contributed by atoms with E-state index in [0.717, 1.165) is 11.3 Å². The first-order chi connectivity index (χ1) is 11.0. The van der Waals surface area contributed by atoms with Gasteiger partial charge in [0.25, 0.3) is 0 Å². The predicted octanol–water partition coefficient (Wildman–Crippen LogP) is 1.58. The second-order valence-electron chi connectivity index (χ2n) is 5.84. The molecule has 1 aromatic carbocycles. The molecule has 2 rings (SSSR count). The number of nitrogens with zero attached hydrogens (tertiary/aromatic N) is 1. The van der Waals surface area contributed by atoms with Gasteiger partial charge in [0.05, 0.1) is 20.3 Å². The van der Waals surface area contributed by atoms with Gasteiger partial charge in [0.15, 0.2) is 6.04 Å². The fourth-order valence-corrected chi connectivity index (χ4v) is 2.84. The van der Waals surface area contributed by atoms with Crippen molar-refractivity contribution < 1.29 is 24.2 Å². The van der Waals surface area contributed by atoms with Crippen LogP contribution in [-0.2, 0) is 20.7 Å². The number of ether oxygens (including phenoxy) is 2. The molecule has 0 spiro atoms. The highest BCUT2D eigenvalue weighted by Gasteiger charge is 2.33. The lowest BCUT2D eigenvalue weighted by molar-refractivity contribution is -0.158. The number of hydrogen-bond acceptors (Lipinski definition) is 4. The van der Waals surface area contributed by atoms with E-state index in [-0.39, 0.29) is 18.4 Å². The standard InChI is InChI=1S/C17H23NO5/c1-12(9-13-5-3-4-6-15(13)22-2)10-16(19)18-7-8-23-11-14(18)17(20)21/h3-6,12,14H,7-11H2,1-2H3,(H,20,21)/t12-,14+/m1/s1. The number of amides is 1. The van der Waals surface area contributed by atoms with Crippen LogP contribution in [0, 0.1) is 5.92 Å². The highest BCUT2D eigenvalue weighted by Crippen LogP contribution is 2.23. The lowest BCUT2D eigenvalue weighted by atomic mass is 9.96. The number of carbonyl (C=O) groups excluding carboxylic acids is 1. The summed E-state index contributed by atoms with van der Waals surface area (Å²) < 4.78 is 10.5. The molecule has 126 valence electrons. The monoisotopic (exact) mass is 321 g/mol. The maximum atomic E-state index is 12.4. The van der Waals surface area contributed by atoms with E-state index < -0.39 is 12.0 Å². The Morgan fingerprint density at radius 1 is 1.43 bits per heavy atom. The minimum absolute atomic E-state index is 0.0575. The number of carboxylic acid groups (broad SMARTS) is 1. The van der Waals surface area contributed by atoms with Crippen molar-refractivity contribution in [3.8, 4) is 5.75 Å². The molecule has 2 atom stereocenters. The summed E-state index contributed by atoms with van der Waals surface area (Å²) in [5.41, 5.74) is 1.05. The van der Waals surface area contributed by atoms with Crippen molar-refractivity contribution in [2.24, 2.45) is 5.92 Å². The Bertz CT molecular complexity index is 560. The topological polar surface area (TPSA) is 76.1 Å². The maximum Gasteiger partial charge on any atom is 0.328 e. The third-order valence-corrected chi connectivity index (χ3v) is 4.02. The number of rotatable bonds is 6. The number of morpholine rings is 1. The van der Waals surface area contributed by atoms with Crippen LogP contribution in [0.1, 0.15) is 18.9 Å². The molecule has 1 aromatic rings. The normalized spacial score (nSPS) is 19.2. The SMILES string of the molecule is COc1ccccc1C[C@@H](C)CC(=O)N1CCOC[C@H]1C(=O)O. The van der Waals surface area contributed by atoms with Crippen LogP contribution in [0.15, 0.2) is 24.3 Å². The average Bonchev–Trinajstić information content (AvgIpc) is 2.55. The number of benzene rings is 1. The van der Waals surface area contributed by atoms with Gasteiger partial charge < -0.3 is 19.5 Å². The van der Waals surface area contributed by atoms with Crippen molar-refractivity contribution in [1.29, 1.82) is 0 Å². The molecule has 1 N–H and O–H groups in total. The Labute approximate surface area is 136 Å². The van der Waals surface area contributed by atoms with Gasteiger partial charge in [-0.05, 0) is 24.0 Å². The van der Waals surface area contributed by atoms with Gasteiger partial charge in [0.2, 0.25) is 5.91 Å². The van der Waals surface area contributed by atoms with Crippen LogP contribution in [0.25, 0.3) is 0 Å². The average molecular weight is 321 g/mol. The van der Waals surface area contributed by atoms with Crippen LogP contribution in [0.3, 0.4) is 0 Å². The molecule has 0 saturated carbocycles. The van der Waals surface area contributed by atoms with Gasteiger partial charge >= 0.3 is 5.97 Å². The molecule has 0 aromatic heterocycles. The van der Waals surface area contributed by atoms with Crippen LogP contribution in [-0.4, -0.2) is 54.8 Å². The van der Waals surface area contributed by atoms with Gasteiger partial charge in [-0.15, -0.1) is 0 Å². The van der Waals surface area contributed by atoms with Gasteiger partial charge in [-0.25, -0.2) is 4.79 Å². The van der Waals surface area contributed by atoms with E-state index in [0.29, 0.717) is 26.0 Å². The van der Waals surface area contributed by atoms with Crippen molar-refractivity contribution in [3.05, 3.63) is 29.8 Å². The van der Waals surface area contributed by atoms with Crippen LogP contribution < -0.4 is 4.74 Å². The lowest BCUT2D eigenvalue weighted by Gasteiger charge is -2.33. The fourth-order valence-electron chi connectivity index (χ4n) is 2.84. The summed E-state index contributed by atoms with van der Waals surface area (Å²) >= 11 is 0. The van der Waals surface area contributed by atoms with Gasteiger partial charge in [0, 0.05) is 13.0 Å². The Morgan fingerprint density at radius 3 is 2.87 bits per heavy atom. The molecule has 1 amide bonds. The molecule has 1 aliphatic rings. The molecule has 0 radical (unpaired) electrons. The van der Waals surface area contributed by atoms with E-state index in [2.05, 4.69) is 0 Å². The molecule has 1 aliphatic heterocycles. The van der Waals surface area contributed by atoms with Gasteiger partial charge in [-0.2, -0.15) is 0 Å². The molecule has 1 heterocycles. The van der Waals surface area contributed by atoms with E-state index in [1.165, 1.54) is 4.90 Å². The predicted molar refractivity (Wildman–Crippen MR) is 84.4 cm³/mol.